The van der Waals surface area contributed by atoms with Crippen LogP contribution in [0, 0.1) is 0 Å². The van der Waals surface area contributed by atoms with Gasteiger partial charge in [0.05, 0.1) is 11.9 Å². The first-order chi connectivity index (χ1) is 18.9. The molecule has 0 atom stereocenters. The first kappa shape index (κ1) is 32.9. The predicted molar refractivity (Wildman–Crippen MR) is 169 cm³/mol. The summed E-state index contributed by atoms with van der Waals surface area (Å²) in [6.45, 7) is 14.4. The van der Waals surface area contributed by atoms with Gasteiger partial charge in [0.2, 0.25) is 11.9 Å². The first-order valence-electron chi connectivity index (χ1n) is 14.7. The van der Waals surface area contributed by atoms with Crippen LogP contribution < -0.4 is 16.0 Å². The Kier molecular flexibility index (Phi) is 12.2. The van der Waals surface area contributed by atoms with E-state index in [0.717, 1.165) is 46.3 Å². The van der Waals surface area contributed by atoms with Crippen molar-refractivity contribution >= 4 is 28.6 Å². The summed E-state index contributed by atoms with van der Waals surface area (Å²) in [6.07, 6.45) is 6.32. The van der Waals surface area contributed by atoms with Crippen molar-refractivity contribution in [3.8, 4) is 5.75 Å². The molecule has 0 saturated heterocycles. The molecule has 0 aliphatic heterocycles. The maximum absolute atomic E-state index is 12.4. The van der Waals surface area contributed by atoms with Crippen LogP contribution in [0.25, 0.3) is 10.9 Å². The Bertz CT molecular complexity index is 1240. The summed E-state index contributed by atoms with van der Waals surface area (Å²) >= 11 is 0. The van der Waals surface area contributed by atoms with Gasteiger partial charge in [-0.05, 0) is 53.0 Å². The van der Waals surface area contributed by atoms with Crippen LogP contribution in [0.2, 0.25) is 0 Å². The number of fused-ring (bicyclic) bond motifs is 1. The zero-order chi connectivity index (χ0) is 30.0. The highest BCUT2D eigenvalue weighted by Crippen LogP contribution is 2.37. The molecule has 7 nitrogen and oxygen atoms in total. The molecule has 1 aliphatic carbocycles. The highest BCUT2D eigenvalue weighted by molar-refractivity contribution is 5.90. The second kappa shape index (κ2) is 14.9. The lowest BCUT2D eigenvalue weighted by Gasteiger charge is -2.25. The van der Waals surface area contributed by atoms with Crippen molar-refractivity contribution in [1.29, 1.82) is 0 Å². The molecule has 220 valence electrons. The minimum Gasteiger partial charge on any atom is -0.507 e. The van der Waals surface area contributed by atoms with Crippen LogP contribution in [0.4, 0.5) is 11.8 Å². The third-order valence-corrected chi connectivity index (χ3v) is 6.99. The maximum atomic E-state index is 12.4. The molecule has 0 spiro atoms. The molecule has 1 aliphatic rings. The second-order valence-electron chi connectivity index (χ2n) is 11.9. The Morgan fingerprint density at radius 1 is 1.07 bits per heavy atom. The number of anilines is 2. The Balaban J connectivity index is 0.000000296. The number of phenols is 1. The Labute approximate surface area is 241 Å². The summed E-state index contributed by atoms with van der Waals surface area (Å²) in [5.41, 5.74) is 9.20. The van der Waals surface area contributed by atoms with E-state index in [4.69, 9.17) is 5.73 Å². The van der Waals surface area contributed by atoms with Gasteiger partial charge in [-0.1, -0.05) is 92.0 Å². The number of aromatic nitrogens is 2. The maximum Gasteiger partial charge on any atom is 0.224 e. The van der Waals surface area contributed by atoms with Crippen LogP contribution in [0.15, 0.2) is 36.4 Å². The van der Waals surface area contributed by atoms with Gasteiger partial charge in [-0.3, -0.25) is 4.79 Å². The van der Waals surface area contributed by atoms with Crippen LogP contribution in [-0.2, 0) is 16.6 Å². The summed E-state index contributed by atoms with van der Waals surface area (Å²) in [6, 6.07) is 12.2. The van der Waals surface area contributed by atoms with Gasteiger partial charge < -0.3 is 21.1 Å². The van der Waals surface area contributed by atoms with E-state index in [1.165, 1.54) is 19.3 Å². The first-order valence-corrected chi connectivity index (χ1v) is 14.7. The van der Waals surface area contributed by atoms with Gasteiger partial charge in [0.1, 0.15) is 11.6 Å². The minimum atomic E-state index is -0.149. The molecule has 1 saturated carbocycles. The summed E-state index contributed by atoms with van der Waals surface area (Å²) < 4.78 is 0. The molecule has 1 heterocycles. The third kappa shape index (κ3) is 9.10. The number of para-hydroxylation sites is 1. The number of carbonyl (C=O) groups is 1. The number of hydrogen-bond acceptors (Lipinski definition) is 6. The number of carbonyl (C=O) groups excluding carboxylic acids is 1. The summed E-state index contributed by atoms with van der Waals surface area (Å²) in [5.74, 6) is 1.88. The fourth-order valence-electron chi connectivity index (χ4n) is 4.96. The Hall–Kier alpha value is -3.35. The molecule has 1 aromatic heterocycles. The summed E-state index contributed by atoms with van der Waals surface area (Å²) in [4.78, 5) is 22.7. The van der Waals surface area contributed by atoms with Crippen LogP contribution in [0.1, 0.15) is 103 Å². The van der Waals surface area contributed by atoms with Crippen LogP contribution in [0.5, 0.6) is 5.75 Å². The molecule has 1 fully saturated rings. The van der Waals surface area contributed by atoms with E-state index in [2.05, 4.69) is 49.9 Å². The Morgan fingerprint density at radius 2 is 1.70 bits per heavy atom. The molecule has 4 N–H and O–H groups in total. The molecule has 1 amide bonds. The molecule has 0 bridgehead atoms. The van der Waals surface area contributed by atoms with Gasteiger partial charge in [-0.2, -0.15) is 4.98 Å². The van der Waals surface area contributed by atoms with Crippen molar-refractivity contribution < 1.29 is 9.90 Å². The number of nitrogens with two attached hydrogens (primary N) is 1. The summed E-state index contributed by atoms with van der Waals surface area (Å²) in [7, 11) is 3.88. The summed E-state index contributed by atoms with van der Waals surface area (Å²) in [5, 5.41) is 14.8. The second-order valence-corrected chi connectivity index (χ2v) is 11.9. The lowest BCUT2D eigenvalue weighted by atomic mass is 9.82. The predicted octanol–water partition coefficient (Wildman–Crippen LogP) is 7.11. The molecule has 7 heteroatoms. The number of amides is 1. The lowest BCUT2D eigenvalue weighted by Crippen LogP contribution is -2.37. The normalized spacial score (nSPS) is 13.7. The average molecular weight is 550 g/mol. The molecule has 0 radical (unpaired) electrons. The number of nitrogens with zero attached hydrogens (tertiary/aromatic N) is 3. The average Bonchev–Trinajstić information content (AvgIpc) is 2.90. The van der Waals surface area contributed by atoms with Crippen molar-refractivity contribution in [1.82, 2.24) is 15.3 Å². The zero-order valence-electron chi connectivity index (χ0n) is 26.1. The molecule has 2 aromatic carbocycles. The molecule has 4 rings (SSSR count). The number of aromatic hydroxyl groups is 1. The quantitative estimate of drug-likeness (QED) is 0.313. The van der Waals surface area contributed by atoms with Gasteiger partial charge in [0.25, 0.3) is 0 Å². The smallest absolute Gasteiger partial charge is 0.224 e. The van der Waals surface area contributed by atoms with E-state index in [9.17, 15) is 9.90 Å². The zero-order valence-corrected chi connectivity index (χ0v) is 26.1. The van der Waals surface area contributed by atoms with Gasteiger partial charge in [0, 0.05) is 25.5 Å². The van der Waals surface area contributed by atoms with Crippen molar-refractivity contribution in [2.75, 3.05) is 24.7 Å². The van der Waals surface area contributed by atoms with E-state index in [1.807, 2.05) is 69.2 Å². The topological polar surface area (TPSA) is 104 Å². The highest BCUT2D eigenvalue weighted by Gasteiger charge is 2.23. The van der Waals surface area contributed by atoms with Crippen molar-refractivity contribution in [2.24, 2.45) is 0 Å². The SMILES string of the molecule is CC.CC(C)c1cc(CC(=O)NC2CCCCC2)cc(C(C)(C)C)c1O.CN(C)c1nc(N)nc2ccccc12. The van der Waals surface area contributed by atoms with Crippen molar-refractivity contribution in [3.05, 3.63) is 53.1 Å². The van der Waals surface area contributed by atoms with Gasteiger partial charge in [-0.15, -0.1) is 0 Å². The van der Waals surface area contributed by atoms with Gasteiger partial charge >= 0.3 is 0 Å². The molecule has 0 unspecified atom stereocenters. The van der Waals surface area contributed by atoms with E-state index < -0.39 is 0 Å². The van der Waals surface area contributed by atoms with E-state index in [1.54, 1.807) is 0 Å². The Morgan fingerprint density at radius 3 is 2.27 bits per heavy atom. The monoisotopic (exact) mass is 549 g/mol. The number of hydrogen-bond donors (Lipinski definition) is 3. The molecule has 3 aromatic rings. The number of nitrogens with one attached hydrogen (secondary N) is 1. The molecule has 40 heavy (non-hydrogen) atoms. The highest BCUT2D eigenvalue weighted by atomic mass is 16.3. The lowest BCUT2D eigenvalue weighted by molar-refractivity contribution is -0.121. The molecular weight excluding hydrogens is 498 g/mol. The number of benzene rings is 2. The van der Waals surface area contributed by atoms with Gasteiger partial charge in [0.15, 0.2) is 0 Å². The van der Waals surface area contributed by atoms with Crippen LogP contribution in [-0.4, -0.2) is 41.1 Å². The van der Waals surface area contributed by atoms with E-state index in [0.29, 0.717) is 24.2 Å². The number of nitrogen functional groups attached to an aromatic ring is 1. The minimum absolute atomic E-state index is 0.0992. The van der Waals surface area contributed by atoms with Gasteiger partial charge in [-0.25, -0.2) is 4.98 Å². The fraction of sp³-hybridized carbons (Fsp3) is 0.545. The largest absolute Gasteiger partial charge is 0.507 e. The van der Waals surface area contributed by atoms with E-state index in [-0.39, 0.29) is 17.2 Å². The van der Waals surface area contributed by atoms with Crippen LogP contribution in [0.3, 0.4) is 0 Å². The number of phenolic OH excluding ortho intramolecular Hbond substituents is 1. The molecular formula is C33H51N5O2. The van der Waals surface area contributed by atoms with Crippen LogP contribution >= 0.6 is 0 Å². The standard InChI is InChI=1S/C21H33NO2.C10H12N4.C2H6/c1-14(2)17-11-15(12-18(20(17)24)21(3,4)5)13-19(23)22-16-9-7-6-8-10-16;1-14(2)9-7-5-3-4-6-8(7)12-10(11)13-9;1-2/h11-12,14,16,24H,6-10,13H2,1-5H3,(H,22,23);3-6H,1-2H3,(H2,11,12,13);1-2H3. The third-order valence-electron chi connectivity index (χ3n) is 6.99. The van der Waals surface area contributed by atoms with E-state index >= 15 is 0 Å². The number of rotatable bonds is 5. The fourth-order valence-corrected chi connectivity index (χ4v) is 4.96. The van der Waals surface area contributed by atoms with Crippen molar-refractivity contribution in [2.45, 2.75) is 104 Å². The van der Waals surface area contributed by atoms with Crippen molar-refractivity contribution in [3.63, 3.8) is 0 Å².